The Morgan fingerprint density at radius 2 is 2.08 bits per heavy atom. The highest BCUT2D eigenvalue weighted by molar-refractivity contribution is 8.12. The molecule has 1 amide bonds. The minimum absolute atomic E-state index is 0.293. The van der Waals surface area contributed by atoms with Gasteiger partial charge in [0.05, 0.1) is 12.0 Å². The Labute approximate surface area is 80.7 Å². The molecular weight excluding hydrogens is 214 g/mol. The lowest BCUT2D eigenvalue weighted by atomic mass is 9.87. The third-order valence-corrected chi connectivity index (χ3v) is 3.78. The molecule has 0 N–H and O–H groups in total. The van der Waals surface area contributed by atoms with E-state index in [1.807, 2.05) is 0 Å². The molecule has 1 saturated heterocycles. The van der Waals surface area contributed by atoms with Crippen LogP contribution in [0.2, 0.25) is 0 Å². The van der Waals surface area contributed by atoms with Gasteiger partial charge >= 0.3 is 9.24 Å². The van der Waals surface area contributed by atoms with Gasteiger partial charge in [-0.3, -0.25) is 4.79 Å². The molecule has 0 aromatic carbocycles. The lowest BCUT2D eigenvalue weighted by molar-refractivity contribution is -0.133. The van der Waals surface area contributed by atoms with Gasteiger partial charge in [-0.2, -0.15) is 8.42 Å². The first kappa shape index (κ1) is 9.02. The smallest absolute Gasteiger partial charge is 0.273 e. The second-order valence-electron chi connectivity index (χ2n) is 3.21. The molecule has 4 nitrogen and oxygen atoms in total. The number of piperidine rings is 1. The normalized spacial score (nSPS) is 32.7. The topological polar surface area (TPSA) is 54.5 Å². The van der Waals surface area contributed by atoms with E-state index in [1.165, 1.54) is 0 Å². The van der Waals surface area contributed by atoms with E-state index < -0.39 is 15.1 Å². The van der Waals surface area contributed by atoms with Gasteiger partial charge in [-0.1, -0.05) is 12.2 Å². The van der Waals surface area contributed by atoms with Gasteiger partial charge in [0.25, 0.3) is 0 Å². The number of hydrogen-bond acceptors (Lipinski definition) is 3. The highest BCUT2D eigenvalue weighted by Gasteiger charge is 2.42. The molecule has 0 saturated carbocycles. The molecule has 2 aliphatic heterocycles. The van der Waals surface area contributed by atoms with Crippen molar-refractivity contribution in [1.82, 2.24) is 4.31 Å². The first-order valence-corrected chi connectivity index (χ1v) is 6.23. The maximum atomic E-state index is 11.4. The largest absolute Gasteiger partial charge is 0.324 e. The monoisotopic (exact) mass is 221 g/mol. The van der Waals surface area contributed by atoms with E-state index >= 15 is 0 Å². The van der Waals surface area contributed by atoms with Gasteiger partial charge < -0.3 is 0 Å². The number of amides is 1. The molecule has 2 atom stereocenters. The Kier molecular flexibility index (Phi) is 1.89. The quantitative estimate of drug-likeness (QED) is 0.483. The summed E-state index contributed by atoms with van der Waals surface area (Å²) in [6, 6.07) is -0.361. The number of carbonyl (C=O) groups excluding carboxylic acids is 1. The second kappa shape index (κ2) is 2.72. The van der Waals surface area contributed by atoms with Crippen molar-refractivity contribution in [3.05, 3.63) is 12.2 Å². The molecule has 0 aromatic rings. The molecule has 1 fully saturated rings. The maximum Gasteiger partial charge on any atom is 0.324 e. The molecule has 0 aromatic heterocycles. The Hall–Kier alpha value is -0.550. The zero-order chi connectivity index (χ0) is 9.64. The summed E-state index contributed by atoms with van der Waals surface area (Å²) in [4.78, 5) is 11.4. The van der Waals surface area contributed by atoms with Crippen LogP contribution in [0, 0.1) is 5.92 Å². The summed E-state index contributed by atoms with van der Waals surface area (Å²) in [6.07, 6.45) is 4.90. The zero-order valence-corrected chi connectivity index (χ0v) is 8.25. The fourth-order valence-electron chi connectivity index (χ4n) is 1.80. The van der Waals surface area contributed by atoms with Gasteiger partial charge in [0.15, 0.2) is 0 Å². The van der Waals surface area contributed by atoms with Crippen molar-refractivity contribution >= 4 is 25.8 Å². The maximum absolute atomic E-state index is 11.4. The van der Waals surface area contributed by atoms with Crippen molar-refractivity contribution in [2.45, 2.75) is 18.9 Å². The van der Waals surface area contributed by atoms with Gasteiger partial charge in [-0.15, -0.1) is 0 Å². The number of nitrogens with zero attached hydrogens (tertiary/aromatic N) is 1. The van der Waals surface area contributed by atoms with Crippen LogP contribution in [0.3, 0.4) is 0 Å². The van der Waals surface area contributed by atoms with E-state index in [0.29, 0.717) is 6.42 Å². The zero-order valence-electron chi connectivity index (χ0n) is 6.68. The fraction of sp³-hybridized carbons (Fsp3) is 0.571. The van der Waals surface area contributed by atoms with E-state index in [9.17, 15) is 13.2 Å². The summed E-state index contributed by atoms with van der Waals surface area (Å²) in [7, 11) is 1.24. The minimum Gasteiger partial charge on any atom is -0.273 e. The van der Waals surface area contributed by atoms with Crippen LogP contribution in [-0.4, -0.2) is 24.7 Å². The molecule has 0 radical (unpaired) electrons. The number of hydrogen-bond donors (Lipinski definition) is 0. The first-order valence-electron chi connectivity index (χ1n) is 3.96. The Balaban J connectivity index is 2.43. The summed E-state index contributed by atoms with van der Waals surface area (Å²) in [5.41, 5.74) is 0. The predicted octanol–water partition coefficient (Wildman–Crippen LogP) is 0.647. The predicted molar refractivity (Wildman–Crippen MR) is 47.3 cm³/mol. The molecule has 72 valence electrons. The fourth-order valence-corrected chi connectivity index (χ4v) is 3.16. The van der Waals surface area contributed by atoms with Gasteiger partial charge in [0.1, 0.15) is 0 Å². The van der Waals surface area contributed by atoms with Gasteiger partial charge in [0, 0.05) is 10.7 Å². The molecular formula is C7H8ClNO3S. The number of halogens is 1. The molecule has 6 heteroatoms. The molecule has 1 aliphatic carbocycles. The third kappa shape index (κ3) is 1.36. The number of carbonyl (C=O) groups is 1. The molecule has 13 heavy (non-hydrogen) atoms. The summed E-state index contributed by atoms with van der Waals surface area (Å²) in [5, 5.41) is 0. The molecule has 2 bridgehead atoms. The van der Waals surface area contributed by atoms with E-state index in [4.69, 9.17) is 10.7 Å². The van der Waals surface area contributed by atoms with Crippen LogP contribution in [0.15, 0.2) is 12.2 Å². The minimum atomic E-state index is -3.90. The van der Waals surface area contributed by atoms with Crippen molar-refractivity contribution in [2.75, 3.05) is 0 Å². The molecule has 0 spiro atoms. The van der Waals surface area contributed by atoms with Gasteiger partial charge in [0.2, 0.25) is 5.91 Å². The van der Waals surface area contributed by atoms with Crippen molar-refractivity contribution in [3.8, 4) is 0 Å². The van der Waals surface area contributed by atoms with E-state index in [1.54, 1.807) is 12.2 Å². The van der Waals surface area contributed by atoms with E-state index in [-0.39, 0.29) is 12.0 Å². The van der Waals surface area contributed by atoms with Crippen molar-refractivity contribution in [3.63, 3.8) is 0 Å². The lowest BCUT2D eigenvalue weighted by Crippen LogP contribution is -2.50. The average molecular weight is 222 g/mol. The average Bonchev–Trinajstić information content (AvgIpc) is 2.03. The van der Waals surface area contributed by atoms with Gasteiger partial charge in [-0.05, 0) is 12.8 Å². The van der Waals surface area contributed by atoms with Crippen LogP contribution in [0.25, 0.3) is 0 Å². The molecule has 3 rings (SSSR count). The van der Waals surface area contributed by atoms with Crippen LogP contribution < -0.4 is 0 Å². The van der Waals surface area contributed by atoms with Crippen molar-refractivity contribution < 1.29 is 13.2 Å². The van der Waals surface area contributed by atoms with Crippen LogP contribution in [-0.2, 0) is 14.0 Å². The van der Waals surface area contributed by atoms with Crippen LogP contribution >= 0.6 is 10.7 Å². The van der Waals surface area contributed by atoms with Crippen molar-refractivity contribution in [1.29, 1.82) is 0 Å². The SMILES string of the molecule is O=C1C2C=CC(CC2)N1S(=O)(=O)Cl. The third-order valence-electron chi connectivity index (χ3n) is 2.41. The summed E-state index contributed by atoms with van der Waals surface area (Å²) >= 11 is 0. The molecule has 3 aliphatic rings. The summed E-state index contributed by atoms with van der Waals surface area (Å²) in [6.45, 7) is 0. The first-order chi connectivity index (χ1) is 6.00. The number of rotatable bonds is 1. The van der Waals surface area contributed by atoms with E-state index in [0.717, 1.165) is 10.7 Å². The lowest BCUT2D eigenvalue weighted by Gasteiger charge is -2.37. The molecule has 2 unspecified atom stereocenters. The summed E-state index contributed by atoms with van der Waals surface area (Å²) in [5.74, 6) is -0.688. The Morgan fingerprint density at radius 1 is 1.38 bits per heavy atom. The highest BCUT2D eigenvalue weighted by atomic mass is 35.7. The van der Waals surface area contributed by atoms with Crippen LogP contribution in [0.5, 0.6) is 0 Å². The van der Waals surface area contributed by atoms with Crippen molar-refractivity contribution in [2.24, 2.45) is 5.92 Å². The van der Waals surface area contributed by atoms with E-state index in [2.05, 4.69) is 0 Å². The second-order valence-corrected chi connectivity index (χ2v) is 5.60. The Morgan fingerprint density at radius 3 is 2.38 bits per heavy atom. The van der Waals surface area contributed by atoms with Crippen LogP contribution in [0.1, 0.15) is 12.8 Å². The standard InChI is InChI=1S/C7H8ClNO3S/c8-13(11,12)9-6-3-1-5(2-4-6)7(9)10/h1,3,5-6H,2,4H2. The number of fused-ring (bicyclic) bond motifs is 2. The highest BCUT2D eigenvalue weighted by Crippen LogP contribution is 2.33. The van der Waals surface area contributed by atoms with Gasteiger partial charge in [-0.25, -0.2) is 4.31 Å². The molecule has 2 heterocycles. The Bertz CT molecular complexity index is 375. The van der Waals surface area contributed by atoms with Crippen LogP contribution in [0.4, 0.5) is 0 Å². The summed E-state index contributed by atoms with van der Waals surface area (Å²) < 4.78 is 22.8.